The topological polar surface area (TPSA) is 76.2 Å². The second-order valence-corrected chi connectivity index (χ2v) is 4.68. The molecule has 1 aromatic heterocycles. The Morgan fingerprint density at radius 3 is 2.71 bits per heavy atom. The van der Waals surface area contributed by atoms with Gasteiger partial charge in [0.15, 0.2) is 0 Å². The molecule has 1 heterocycles. The van der Waals surface area contributed by atoms with Crippen molar-refractivity contribution in [1.29, 1.82) is 0 Å². The first kappa shape index (κ1) is 13.6. The van der Waals surface area contributed by atoms with Crippen LogP contribution in [-0.2, 0) is 11.2 Å². The summed E-state index contributed by atoms with van der Waals surface area (Å²) in [4.78, 5) is 15.4. The van der Waals surface area contributed by atoms with Crippen LogP contribution < -0.4 is 5.73 Å². The third-order valence-corrected chi connectivity index (χ3v) is 3.48. The van der Waals surface area contributed by atoms with E-state index in [2.05, 4.69) is 4.98 Å². The summed E-state index contributed by atoms with van der Waals surface area (Å²) < 4.78 is 0. The Morgan fingerprint density at radius 1 is 1.59 bits per heavy atom. The van der Waals surface area contributed by atoms with Gasteiger partial charge in [-0.15, -0.1) is 0 Å². The van der Waals surface area contributed by atoms with E-state index in [4.69, 9.17) is 5.73 Å². The summed E-state index contributed by atoms with van der Waals surface area (Å²) in [6.45, 7) is 3.98. The van der Waals surface area contributed by atoms with Gasteiger partial charge in [0.2, 0.25) is 0 Å². The zero-order chi connectivity index (χ0) is 12.9. The number of hydrogen-bond acceptors (Lipinski definition) is 3. The Balaban J connectivity index is 2.78. The standard InChI is InChI=1S/C13H20N2O2/c1-10(2)13(9-14,12(16)17)6-5-11-4-3-7-15-8-11/h3-4,7-8,10H,5-6,9,14H2,1-2H3,(H,16,17). The van der Waals surface area contributed by atoms with Crippen LogP contribution in [-0.4, -0.2) is 22.6 Å². The van der Waals surface area contributed by atoms with E-state index in [1.54, 1.807) is 12.4 Å². The molecule has 0 amide bonds. The van der Waals surface area contributed by atoms with Crippen molar-refractivity contribution < 1.29 is 9.90 Å². The number of rotatable bonds is 6. The van der Waals surface area contributed by atoms with Gasteiger partial charge in [0, 0.05) is 18.9 Å². The molecule has 4 heteroatoms. The second kappa shape index (κ2) is 5.77. The molecule has 1 aromatic rings. The maximum atomic E-state index is 11.4. The molecule has 94 valence electrons. The number of pyridine rings is 1. The van der Waals surface area contributed by atoms with Crippen LogP contribution in [0.3, 0.4) is 0 Å². The normalized spacial score (nSPS) is 14.6. The zero-order valence-corrected chi connectivity index (χ0v) is 10.4. The predicted octanol–water partition coefficient (Wildman–Crippen LogP) is 1.70. The Bertz CT molecular complexity index is 365. The second-order valence-electron chi connectivity index (χ2n) is 4.68. The maximum absolute atomic E-state index is 11.4. The van der Waals surface area contributed by atoms with Crippen molar-refractivity contribution in [2.45, 2.75) is 26.7 Å². The fourth-order valence-electron chi connectivity index (χ4n) is 1.98. The molecule has 0 radical (unpaired) electrons. The van der Waals surface area contributed by atoms with E-state index in [9.17, 15) is 9.90 Å². The molecule has 0 saturated heterocycles. The molecular weight excluding hydrogens is 216 g/mol. The summed E-state index contributed by atoms with van der Waals surface area (Å²) >= 11 is 0. The zero-order valence-electron chi connectivity index (χ0n) is 10.4. The van der Waals surface area contributed by atoms with Crippen LogP contribution in [0, 0.1) is 11.3 Å². The smallest absolute Gasteiger partial charge is 0.311 e. The van der Waals surface area contributed by atoms with Gasteiger partial charge in [0.25, 0.3) is 0 Å². The molecule has 3 N–H and O–H groups in total. The van der Waals surface area contributed by atoms with E-state index >= 15 is 0 Å². The summed E-state index contributed by atoms with van der Waals surface area (Å²) in [6.07, 6.45) is 4.71. The number of carboxylic acid groups (broad SMARTS) is 1. The predicted molar refractivity (Wildman–Crippen MR) is 66.5 cm³/mol. The van der Waals surface area contributed by atoms with Crippen molar-refractivity contribution in [1.82, 2.24) is 4.98 Å². The molecule has 0 aliphatic carbocycles. The van der Waals surface area contributed by atoms with Crippen molar-refractivity contribution in [3.63, 3.8) is 0 Å². The highest BCUT2D eigenvalue weighted by molar-refractivity contribution is 5.75. The van der Waals surface area contributed by atoms with Gasteiger partial charge in [-0.1, -0.05) is 19.9 Å². The fourth-order valence-corrected chi connectivity index (χ4v) is 1.98. The molecule has 0 saturated carbocycles. The first-order chi connectivity index (χ1) is 8.03. The lowest BCUT2D eigenvalue weighted by molar-refractivity contribution is -0.151. The number of nitrogens with zero attached hydrogens (tertiary/aromatic N) is 1. The lowest BCUT2D eigenvalue weighted by Crippen LogP contribution is -2.43. The largest absolute Gasteiger partial charge is 0.481 e. The highest BCUT2D eigenvalue weighted by Gasteiger charge is 2.39. The van der Waals surface area contributed by atoms with E-state index in [0.717, 1.165) is 5.56 Å². The van der Waals surface area contributed by atoms with Crippen LogP contribution in [0.2, 0.25) is 0 Å². The summed E-state index contributed by atoms with van der Waals surface area (Å²) in [5, 5.41) is 9.38. The van der Waals surface area contributed by atoms with Crippen molar-refractivity contribution in [3.05, 3.63) is 30.1 Å². The van der Waals surface area contributed by atoms with E-state index < -0.39 is 11.4 Å². The van der Waals surface area contributed by atoms with Gasteiger partial charge in [0.1, 0.15) is 0 Å². The molecule has 1 unspecified atom stereocenters. The molecule has 0 spiro atoms. The van der Waals surface area contributed by atoms with Gasteiger partial charge >= 0.3 is 5.97 Å². The van der Waals surface area contributed by atoms with Gasteiger partial charge in [-0.25, -0.2) is 0 Å². The van der Waals surface area contributed by atoms with E-state index in [-0.39, 0.29) is 12.5 Å². The van der Waals surface area contributed by atoms with Crippen LogP contribution in [0.5, 0.6) is 0 Å². The molecule has 1 atom stereocenters. The van der Waals surface area contributed by atoms with E-state index in [1.807, 2.05) is 26.0 Å². The molecule has 0 aliphatic heterocycles. The van der Waals surface area contributed by atoms with Crippen molar-refractivity contribution in [2.24, 2.45) is 17.1 Å². The fraction of sp³-hybridized carbons (Fsp3) is 0.538. The Kier molecular flexibility index (Phi) is 4.63. The highest BCUT2D eigenvalue weighted by atomic mass is 16.4. The number of aliphatic carboxylic acids is 1. The van der Waals surface area contributed by atoms with Gasteiger partial charge in [-0.3, -0.25) is 9.78 Å². The average Bonchev–Trinajstić information content (AvgIpc) is 2.31. The number of carbonyl (C=O) groups is 1. The van der Waals surface area contributed by atoms with Crippen LogP contribution in [0.25, 0.3) is 0 Å². The molecule has 17 heavy (non-hydrogen) atoms. The van der Waals surface area contributed by atoms with E-state index in [1.165, 1.54) is 0 Å². The van der Waals surface area contributed by atoms with Crippen LogP contribution in [0.15, 0.2) is 24.5 Å². The quantitative estimate of drug-likeness (QED) is 0.788. The molecule has 0 bridgehead atoms. The molecular formula is C13H20N2O2. The third kappa shape index (κ3) is 3.03. The molecule has 0 aliphatic rings. The Labute approximate surface area is 102 Å². The number of nitrogens with two attached hydrogens (primary N) is 1. The summed E-state index contributed by atoms with van der Waals surface area (Å²) in [6, 6.07) is 3.81. The SMILES string of the molecule is CC(C)C(CN)(CCc1cccnc1)C(=O)O. The highest BCUT2D eigenvalue weighted by Crippen LogP contribution is 2.32. The Morgan fingerprint density at radius 2 is 2.29 bits per heavy atom. The summed E-state index contributed by atoms with van der Waals surface area (Å²) in [7, 11) is 0. The molecule has 0 aromatic carbocycles. The van der Waals surface area contributed by atoms with Crippen LogP contribution in [0.4, 0.5) is 0 Å². The van der Waals surface area contributed by atoms with Gasteiger partial charge in [0.05, 0.1) is 5.41 Å². The minimum absolute atomic E-state index is 0.0154. The minimum Gasteiger partial charge on any atom is -0.481 e. The number of carboxylic acids is 1. The third-order valence-electron chi connectivity index (χ3n) is 3.48. The number of hydrogen-bond donors (Lipinski definition) is 2. The van der Waals surface area contributed by atoms with Gasteiger partial charge in [-0.2, -0.15) is 0 Å². The summed E-state index contributed by atoms with van der Waals surface area (Å²) in [5.74, 6) is -0.791. The minimum atomic E-state index is -0.837. The van der Waals surface area contributed by atoms with Crippen molar-refractivity contribution in [3.8, 4) is 0 Å². The maximum Gasteiger partial charge on any atom is 0.311 e. The average molecular weight is 236 g/mol. The molecule has 1 rings (SSSR count). The molecule has 4 nitrogen and oxygen atoms in total. The monoisotopic (exact) mass is 236 g/mol. The van der Waals surface area contributed by atoms with Crippen LogP contribution >= 0.6 is 0 Å². The molecule has 0 fully saturated rings. The number of aromatic nitrogens is 1. The van der Waals surface area contributed by atoms with Crippen molar-refractivity contribution in [2.75, 3.05) is 6.54 Å². The first-order valence-corrected chi connectivity index (χ1v) is 5.85. The van der Waals surface area contributed by atoms with E-state index in [0.29, 0.717) is 12.8 Å². The van der Waals surface area contributed by atoms with Crippen molar-refractivity contribution >= 4 is 5.97 Å². The number of aryl methyl sites for hydroxylation is 1. The van der Waals surface area contributed by atoms with Gasteiger partial charge < -0.3 is 10.8 Å². The Hall–Kier alpha value is -1.42. The van der Waals surface area contributed by atoms with Crippen LogP contribution in [0.1, 0.15) is 25.8 Å². The summed E-state index contributed by atoms with van der Waals surface area (Å²) in [5.41, 5.74) is 5.89. The van der Waals surface area contributed by atoms with Gasteiger partial charge in [-0.05, 0) is 30.4 Å². The lowest BCUT2D eigenvalue weighted by atomic mass is 9.73. The lowest BCUT2D eigenvalue weighted by Gasteiger charge is -2.32. The first-order valence-electron chi connectivity index (χ1n) is 5.85.